The first-order valence-electron chi connectivity index (χ1n) is 7.12. The molecule has 0 radical (unpaired) electrons. The van der Waals surface area contributed by atoms with Crippen LogP contribution in [-0.2, 0) is 6.54 Å². The monoisotopic (exact) mass is 370 g/mol. The molecule has 0 saturated heterocycles. The third-order valence-corrected chi connectivity index (χ3v) is 3.88. The highest BCUT2D eigenvalue weighted by Crippen LogP contribution is 2.22. The van der Waals surface area contributed by atoms with Gasteiger partial charge in [0.15, 0.2) is 0 Å². The van der Waals surface area contributed by atoms with E-state index in [4.69, 9.17) is 0 Å². The predicted molar refractivity (Wildman–Crippen MR) is 94.4 cm³/mol. The lowest BCUT2D eigenvalue weighted by Gasteiger charge is -2.10. The Hall–Kier alpha value is -2.47. The summed E-state index contributed by atoms with van der Waals surface area (Å²) in [4.78, 5) is 20.4. The van der Waals surface area contributed by atoms with Gasteiger partial charge in [0.25, 0.3) is 5.91 Å². The van der Waals surface area contributed by atoms with Crippen LogP contribution >= 0.6 is 15.9 Å². The third kappa shape index (κ3) is 3.48. The quantitative estimate of drug-likeness (QED) is 0.738. The molecule has 23 heavy (non-hydrogen) atoms. The fourth-order valence-corrected chi connectivity index (χ4v) is 2.63. The minimum Gasteiger partial charge on any atom is -0.379 e. The summed E-state index contributed by atoms with van der Waals surface area (Å²) in [5, 5.41) is 5.99. The van der Waals surface area contributed by atoms with Crippen LogP contribution in [0.3, 0.4) is 0 Å². The third-order valence-electron chi connectivity index (χ3n) is 3.44. The number of carbonyl (C=O) groups is 1. The van der Waals surface area contributed by atoms with Gasteiger partial charge in [-0.3, -0.25) is 14.8 Å². The Kier molecular flexibility index (Phi) is 4.52. The summed E-state index contributed by atoms with van der Waals surface area (Å²) < 4.78 is 0.896. The maximum absolute atomic E-state index is 11.7. The van der Waals surface area contributed by atoms with Crippen molar-refractivity contribution in [2.24, 2.45) is 0 Å². The minimum atomic E-state index is -0.0901. The maximum atomic E-state index is 11.7. The van der Waals surface area contributed by atoms with E-state index < -0.39 is 0 Å². The molecule has 1 amide bonds. The summed E-state index contributed by atoms with van der Waals surface area (Å²) in [5.74, 6) is -0.0901. The average Bonchev–Trinajstić information content (AvgIpc) is 2.59. The molecule has 0 fully saturated rings. The van der Waals surface area contributed by atoms with Crippen LogP contribution in [0.5, 0.6) is 0 Å². The van der Waals surface area contributed by atoms with Crippen molar-refractivity contribution in [3.05, 3.63) is 64.4 Å². The summed E-state index contributed by atoms with van der Waals surface area (Å²) in [7, 11) is 1.63. The van der Waals surface area contributed by atoms with Gasteiger partial charge in [-0.25, -0.2) is 0 Å². The van der Waals surface area contributed by atoms with Gasteiger partial charge >= 0.3 is 0 Å². The number of hydrogen-bond donors (Lipinski definition) is 2. The van der Waals surface area contributed by atoms with Crippen molar-refractivity contribution < 1.29 is 4.79 Å². The molecule has 0 bridgehead atoms. The zero-order chi connectivity index (χ0) is 16.2. The van der Waals surface area contributed by atoms with Crippen LogP contribution in [0.2, 0.25) is 0 Å². The van der Waals surface area contributed by atoms with E-state index in [1.807, 2.05) is 30.3 Å². The molecule has 2 aromatic heterocycles. The largest absolute Gasteiger partial charge is 0.379 e. The first-order valence-corrected chi connectivity index (χ1v) is 7.92. The van der Waals surface area contributed by atoms with Crippen LogP contribution in [0.25, 0.3) is 11.0 Å². The second-order valence-electron chi connectivity index (χ2n) is 5.01. The molecule has 1 aromatic carbocycles. The number of halogens is 1. The number of aromatic nitrogens is 2. The van der Waals surface area contributed by atoms with Gasteiger partial charge in [-0.15, -0.1) is 0 Å². The molecule has 3 aromatic rings. The van der Waals surface area contributed by atoms with Gasteiger partial charge in [0.05, 0.1) is 11.2 Å². The van der Waals surface area contributed by atoms with Crippen LogP contribution in [0.4, 0.5) is 5.69 Å². The van der Waals surface area contributed by atoms with E-state index in [0.717, 1.165) is 26.8 Å². The number of benzene rings is 1. The van der Waals surface area contributed by atoms with E-state index in [2.05, 4.69) is 36.5 Å². The van der Waals surface area contributed by atoms with E-state index in [1.165, 1.54) is 0 Å². The molecule has 2 heterocycles. The molecule has 0 aliphatic rings. The highest BCUT2D eigenvalue weighted by molar-refractivity contribution is 9.10. The van der Waals surface area contributed by atoms with E-state index in [-0.39, 0.29) is 5.91 Å². The van der Waals surface area contributed by atoms with Crippen LogP contribution in [-0.4, -0.2) is 22.9 Å². The van der Waals surface area contributed by atoms with E-state index >= 15 is 0 Å². The number of nitrogens with one attached hydrogen (secondary N) is 2. The van der Waals surface area contributed by atoms with Gasteiger partial charge in [-0.1, -0.05) is 12.1 Å². The maximum Gasteiger partial charge on any atom is 0.251 e. The molecule has 0 unspecified atom stereocenters. The molecule has 2 N–H and O–H groups in total. The Bertz CT molecular complexity index is 866. The number of pyridine rings is 2. The Balaban J connectivity index is 1.82. The molecule has 6 heteroatoms. The van der Waals surface area contributed by atoms with Crippen molar-refractivity contribution in [1.82, 2.24) is 15.3 Å². The van der Waals surface area contributed by atoms with Crippen molar-refractivity contribution in [2.75, 3.05) is 12.4 Å². The lowest BCUT2D eigenvalue weighted by Crippen LogP contribution is -2.18. The normalized spacial score (nSPS) is 10.5. The number of amides is 1. The molecular formula is C17H15BrN4O. The number of carbonyl (C=O) groups excluding carboxylic acids is 1. The molecule has 5 nitrogen and oxygen atoms in total. The van der Waals surface area contributed by atoms with Crippen molar-refractivity contribution in [3.63, 3.8) is 0 Å². The topological polar surface area (TPSA) is 66.9 Å². The van der Waals surface area contributed by atoms with Gasteiger partial charge in [-0.2, -0.15) is 0 Å². The first kappa shape index (κ1) is 15.4. The predicted octanol–water partition coefficient (Wildman–Crippen LogP) is 3.36. The number of nitrogens with zero attached hydrogens (tertiary/aromatic N) is 2. The second kappa shape index (κ2) is 6.75. The summed E-state index contributed by atoms with van der Waals surface area (Å²) >= 11 is 3.40. The summed E-state index contributed by atoms with van der Waals surface area (Å²) in [6, 6.07) is 11.3. The van der Waals surface area contributed by atoms with Crippen molar-refractivity contribution in [1.29, 1.82) is 0 Å². The molecule has 3 rings (SSSR count). The molecule has 116 valence electrons. The van der Waals surface area contributed by atoms with E-state index in [0.29, 0.717) is 12.1 Å². The Morgan fingerprint density at radius 3 is 2.91 bits per heavy atom. The average molecular weight is 371 g/mol. The van der Waals surface area contributed by atoms with Crippen LogP contribution in [0, 0.1) is 0 Å². The molecule has 0 aliphatic heterocycles. The summed E-state index contributed by atoms with van der Waals surface area (Å²) in [5.41, 5.74) is 4.22. The standard InChI is InChI=1S/C17H15BrN4O/c1-19-17(23)12-4-2-3-11(7-12)9-21-14-5-6-20-15-8-13(18)10-22-16(14)15/h2-8,10H,9H2,1H3,(H,19,23)(H,20,21). The number of rotatable bonds is 4. The van der Waals surface area contributed by atoms with Crippen molar-refractivity contribution in [3.8, 4) is 0 Å². The smallest absolute Gasteiger partial charge is 0.251 e. The fourth-order valence-electron chi connectivity index (χ4n) is 2.31. The fraction of sp³-hybridized carbons (Fsp3) is 0.118. The van der Waals surface area contributed by atoms with E-state index in [1.54, 1.807) is 25.5 Å². The lowest BCUT2D eigenvalue weighted by atomic mass is 10.1. The Morgan fingerprint density at radius 1 is 1.22 bits per heavy atom. The Labute approximate surface area is 142 Å². The highest BCUT2D eigenvalue weighted by Gasteiger charge is 2.06. The van der Waals surface area contributed by atoms with Crippen molar-refractivity contribution in [2.45, 2.75) is 6.54 Å². The van der Waals surface area contributed by atoms with Gasteiger partial charge in [-0.05, 0) is 45.8 Å². The van der Waals surface area contributed by atoms with Gasteiger partial charge in [0, 0.05) is 36.0 Å². The molecule has 0 atom stereocenters. The molecule has 0 saturated carbocycles. The van der Waals surface area contributed by atoms with Crippen LogP contribution in [0.1, 0.15) is 15.9 Å². The molecular weight excluding hydrogens is 356 g/mol. The lowest BCUT2D eigenvalue weighted by molar-refractivity contribution is 0.0963. The summed E-state index contributed by atoms with van der Waals surface area (Å²) in [6.07, 6.45) is 3.50. The van der Waals surface area contributed by atoms with Gasteiger partial charge in [0.1, 0.15) is 5.52 Å². The van der Waals surface area contributed by atoms with E-state index in [9.17, 15) is 4.79 Å². The minimum absolute atomic E-state index is 0.0901. The molecule has 0 spiro atoms. The first-order chi connectivity index (χ1) is 11.2. The second-order valence-corrected chi connectivity index (χ2v) is 5.93. The summed E-state index contributed by atoms with van der Waals surface area (Å²) in [6.45, 7) is 0.599. The SMILES string of the molecule is CNC(=O)c1cccc(CNc2ccnc3cc(Br)cnc23)c1. The van der Waals surface area contributed by atoms with Crippen molar-refractivity contribution >= 4 is 38.6 Å². The highest BCUT2D eigenvalue weighted by atomic mass is 79.9. The Morgan fingerprint density at radius 2 is 2.09 bits per heavy atom. The van der Waals surface area contributed by atoms with Gasteiger partial charge < -0.3 is 10.6 Å². The number of fused-ring (bicyclic) bond motifs is 1. The number of anilines is 1. The molecule has 0 aliphatic carbocycles. The van der Waals surface area contributed by atoms with Crippen LogP contribution < -0.4 is 10.6 Å². The zero-order valence-electron chi connectivity index (χ0n) is 12.5. The van der Waals surface area contributed by atoms with Gasteiger partial charge in [0.2, 0.25) is 0 Å². The number of hydrogen-bond acceptors (Lipinski definition) is 4. The zero-order valence-corrected chi connectivity index (χ0v) is 14.1. The van der Waals surface area contributed by atoms with Crippen LogP contribution in [0.15, 0.2) is 53.3 Å².